The van der Waals surface area contributed by atoms with Crippen LogP contribution in [0.15, 0.2) is 0 Å². The van der Waals surface area contributed by atoms with E-state index in [9.17, 15) is 9.59 Å². The molecule has 0 radical (unpaired) electrons. The summed E-state index contributed by atoms with van der Waals surface area (Å²) < 4.78 is 5.27. The lowest BCUT2D eigenvalue weighted by Crippen LogP contribution is -2.52. The second-order valence-electron chi connectivity index (χ2n) is 5.34. The van der Waals surface area contributed by atoms with E-state index in [0.29, 0.717) is 6.42 Å². The molecule has 92 valence electrons. The van der Waals surface area contributed by atoms with Crippen molar-refractivity contribution in [2.45, 2.75) is 58.2 Å². The Hall–Kier alpha value is -1.26. The molecule has 1 aliphatic heterocycles. The fraction of sp³-hybridized carbons (Fsp3) is 0.818. The minimum absolute atomic E-state index is 0.319. The molecule has 0 aromatic heterocycles. The summed E-state index contributed by atoms with van der Waals surface area (Å²) in [6, 6.07) is -0.940. The van der Waals surface area contributed by atoms with Crippen molar-refractivity contribution in [3.8, 4) is 0 Å². The largest absolute Gasteiger partial charge is 0.458 e. The van der Waals surface area contributed by atoms with Crippen LogP contribution in [0.3, 0.4) is 0 Å². The second-order valence-corrected chi connectivity index (χ2v) is 5.34. The third-order valence-corrected chi connectivity index (χ3v) is 2.69. The van der Waals surface area contributed by atoms with Gasteiger partial charge in [0, 0.05) is 0 Å². The highest BCUT2D eigenvalue weighted by molar-refractivity contribution is 5.89. The zero-order valence-corrected chi connectivity index (χ0v) is 10.5. The predicted octanol–water partition coefficient (Wildman–Crippen LogP) is 1.18. The van der Waals surface area contributed by atoms with Gasteiger partial charge in [-0.25, -0.2) is 9.59 Å². The van der Waals surface area contributed by atoms with Crippen LogP contribution in [0.4, 0.5) is 4.79 Å². The van der Waals surface area contributed by atoms with Crippen molar-refractivity contribution in [3.63, 3.8) is 0 Å². The lowest BCUT2D eigenvalue weighted by atomic mass is 9.91. The van der Waals surface area contributed by atoms with Crippen LogP contribution in [0.25, 0.3) is 0 Å². The average Bonchev–Trinajstić information content (AvgIpc) is 2.40. The predicted molar refractivity (Wildman–Crippen MR) is 60.0 cm³/mol. The van der Waals surface area contributed by atoms with Gasteiger partial charge in [-0.15, -0.1) is 0 Å². The molecule has 1 fully saturated rings. The van der Waals surface area contributed by atoms with Crippen LogP contribution in [0.5, 0.6) is 0 Å². The maximum atomic E-state index is 11.9. The van der Waals surface area contributed by atoms with Crippen LogP contribution in [0, 0.1) is 0 Å². The molecule has 0 unspecified atom stereocenters. The third-order valence-electron chi connectivity index (χ3n) is 2.69. The Morgan fingerprint density at radius 1 is 1.50 bits per heavy atom. The zero-order chi connectivity index (χ0) is 12.6. The maximum Gasteiger partial charge on any atom is 0.331 e. The van der Waals surface area contributed by atoms with Crippen molar-refractivity contribution in [1.29, 1.82) is 0 Å². The Morgan fingerprint density at radius 3 is 2.50 bits per heavy atom. The summed E-state index contributed by atoms with van der Waals surface area (Å²) >= 11 is 0. The number of rotatable bonds is 2. The van der Waals surface area contributed by atoms with Crippen LogP contribution in [0.1, 0.15) is 41.0 Å². The lowest BCUT2D eigenvalue weighted by molar-refractivity contribution is -0.158. The number of ether oxygens (including phenoxy) is 1. The van der Waals surface area contributed by atoms with Gasteiger partial charge in [-0.3, -0.25) is 0 Å². The molecule has 1 heterocycles. The highest BCUT2D eigenvalue weighted by Crippen LogP contribution is 2.22. The monoisotopic (exact) mass is 228 g/mol. The number of carbonyl (C=O) groups is 2. The van der Waals surface area contributed by atoms with Gasteiger partial charge in [0.05, 0.1) is 5.54 Å². The number of hydrogen-bond donors (Lipinski definition) is 2. The summed E-state index contributed by atoms with van der Waals surface area (Å²) in [5.74, 6) is -0.393. The van der Waals surface area contributed by atoms with Gasteiger partial charge in [-0.05, 0) is 34.1 Å². The van der Waals surface area contributed by atoms with Gasteiger partial charge in [-0.2, -0.15) is 0 Å². The van der Waals surface area contributed by atoms with Crippen molar-refractivity contribution in [2.24, 2.45) is 0 Å². The van der Waals surface area contributed by atoms with Crippen LogP contribution < -0.4 is 10.6 Å². The number of esters is 1. The molecule has 0 aromatic rings. The van der Waals surface area contributed by atoms with E-state index >= 15 is 0 Å². The highest BCUT2D eigenvalue weighted by Gasteiger charge is 2.47. The second kappa shape index (κ2) is 3.96. The molecule has 1 rings (SSSR count). The van der Waals surface area contributed by atoms with Crippen LogP contribution in [-0.4, -0.2) is 29.2 Å². The number of urea groups is 1. The Labute approximate surface area is 95.9 Å². The molecule has 0 saturated carbocycles. The van der Waals surface area contributed by atoms with Gasteiger partial charge in [0.1, 0.15) is 5.60 Å². The molecule has 2 atom stereocenters. The molecule has 0 aliphatic carbocycles. The van der Waals surface area contributed by atoms with E-state index in [2.05, 4.69) is 10.6 Å². The molecule has 1 saturated heterocycles. The molecule has 2 amide bonds. The molecule has 5 heteroatoms. The Balaban J connectivity index is 2.79. The topological polar surface area (TPSA) is 67.4 Å². The summed E-state index contributed by atoms with van der Waals surface area (Å²) in [6.07, 6.45) is 0.662. The Morgan fingerprint density at radius 2 is 2.06 bits per heavy atom. The molecule has 0 spiro atoms. The standard InChI is InChI=1S/C11H20N2O3/c1-6-11(5)7(12-9(15)13-11)8(14)16-10(2,3)4/h7H,6H2,1-5H3,(H2,12,13,15)/t7-,11-/m1/s1. The van der Waals surface area contributed by atoms with Crippen LogP contribution >= 0.6 is 0 Å². The quantitative estimate of drug-likeness (QED) is 0.697. The SMILES string of the molecule is CC[C@@]1(C)NC(=O)N[C@@H]1C(=O)OC(C)(C)C. The van der Waals surface area contributed by atoms with Crippen LogP contribution in [-0.2, 0) is 9.53 Å². The Kier molecular flexibility index (Phi) is 3.17. The fourth-order valence-electron chi connectivity index (χ4n) is 1.63. The molecular formula is C11H20N2O3. The maximum absolute atomic E-state index is 11.9. The summed E-state index contributed by atoms with van der Waals surface area (Å²) in [4.78, 5) is 23.2. The smallest absolute Gasteiger partial charge is 0.331 e. The summed E-state index contributed by atoms with van der Waals surface area (Å²) in [5.41, 5.74) is -1.11. The average molecular weight is 228 g/mol. The van der Waals surface area contributed by atoms with Gasteiger partial charge >= 0.3 is 12.0 Å². The molecule has 0 aromatic carbocycles. The van der Waals surface area contributed by atoms with Crippen molar-refractivity contribution < 1.29 is 14.3 Å². The summed E-state index contributed by atoms with van der Waals surface area (Å²) in [5, 5.41) is 5.34. The zero-order valence-electron chi connectivity index (χ0n) is 10.5. The van der Waals surface area contributed by atoms with Crippen molar-refractivity contribution in [1.82, 2.24) is 10.6 Å². The van der Waals surface area contributed by atoms with Crippen molar-refractivity contribution >= 4 is 12.0 Å². The Bertz CT molecular complexity index is 309. The van der Waals surface area contributed by atoms with E-state index in [-0.39, 0.29) is 6.03 Å². The van der Waals surface area contributed by atoms with Gasteiger partial charge in [0.2, 0.25) is 0 Å². The molecule has 16 heavy (non-hydrogen) atoms. The van der Waals surface area contributed by atoms with E-state index in [1.807, 2.05) is 13.8 Å². The van der Waals surface area contributed by atoms with E-state index in [1.54, 1.807) is 20.8 Å². The first-order chi connectivity index (χ1) is 7.18. The molecule has 2 N–H and O–H groups in total. The number of nitrogens with one attached hydrogen (secondary N) is 2. The third kappa shape index (κ3) is 2.65. The summed E-state index contributed by atoms with van der Waals surface area (Å²) in [7, 11) is 0. The van der Waals surface area contributed by atoms with Gasteiger partial charge < -0.3 is 15.4 Å². The number of hydrogen-bond acceptors (Lipinski definition) is 3. The molecule has 5 nitrogen and oxygen atoms in total. The van der Waals surface area contributed by atoms with Gasteiger partial charge in [0.15, 0.2) is 6.04 Å². The first kappa shape index (κ1) is 12.8. The van der Waals surface area contributed by atoms with E-state index < -0.39 is 23.2 Å². The normalized spacial score (nSPS) is 29.6. The van der Waals surface area contributed by atoms with Crippen molar-refractivity contribution in [3.05, 3.63) is 0 Å². The number of amides is 2. The first-order valence-electron chi connectivity index (χ1n) is 5.49. The molecule has 1 aliphatic rings. The number of carbonyl (C=O) groups excluding carboxylic acids is 2. The van der Waals surface area contributed by atoms with Crippen LogP contribution in [0.2, 0.25) is 0 Å². The molecular weight excluding hydrogens is 208 g/mol. The van der Waals surface area contributed by atoms with Crippen molar-refractivity contribution in [2.75, 3.05) is 0 Å². The first-order valence-corrected chi connectivity index (χ1v) is 5.49. The van der Waals surface area contributed by atoms with E-state index in [0.717, 1.165) is 0 Å². The fourth-order valence-corrected chi connectivity index (χ4v) is 1.63. The summed E-state index contributed by atoms with van der Waals surface area (Å²) in [6.45, 7) is 9.17. The van der Waals surface area contributed by atoms with Gasteiger partial charge in [-0.1, -0.05) is 6.92 Å². The minimum Gasteiger partial charge on any atom is -0.458 e. The minimum atomic E-state index is -0.621. The highest BCUT2D eigenvalue weighted by atomic mass is 16.6. The van der Waals surface area contributed by atoms with Gasteiger partial charge in [0.25, 0.3) is 0 Å². The van der Waals surface area contributed by atoms with E-state index in [4.69, 9.17) is 4.74 Å². The van der Waals surface area contributed by atoms with E-state index in [1.165, 1.54) is 0 Å². The molecule has 0 bridgehead atoms. The lowest BCUT2D eigenvalue weighted by Gasteiger charge is -2.29.